The van der Waals surface area contributed by atoms with Crippen LogP contribution in [0.25, 0.3) is 0 Å². The molecule has 19 heavy (non-hydrogen) atoms. The highest BCUT2D eigenvalue weighted by Gasteiger charge is 2.49. The molecule has 0 bridgehead atoms. The highest BCUT2D eigenvalue weighted by atomic mass is 16.7. The zero-order chi connectivity index (χ0) is 14.5. The van der Waals surface area contributed by atoms with Gasteiger partial charge in [0.05, 0.1) is 6.61 Å². The summed E-state index contributed by atoms with van der Waals surface area (Å²) < 4.78 is 11.4. The van der Waals surface area contributed by atoms with Crippen LogP contribution in [0.2, 0.25) is 0 Å². The number of allylic oxidation sites excluding steroid dienone is 3. The van der Waals surface area contributed by atoms with Crippen LogP contribution < -0.4 is 0 Å². The van der Waals surface area contributed by atoms with Gasteiger partial charge in [-0.3, -0.25) is 9.59 Å². The summed E-state index contributed by atoms with van der Waals surface area (Å²) in [6.45, 7) is 9.48. The second kappa shape index (κ2) is 6.26. The van der Waals surface area contributed by atoms with E-state index in [1.807, 2.05) is 19.1 Å². The Morgan fingerprint density at radius 3 is 2.63 bits per heavy atom. The Labute approximate surface area is 114 Å². The standard InChI is InChI=1S/C15H22O4/c1-5-7-9-15(8-6-2)11-18-14(3,4)19-13(15)12(17)10-16/h5-7,10,13H,2,8-9,11H2,1,3-4H3/b7-5+. The maximum absolute atomic E-state index is 11.9. The summed E-state index contributed by atoms with van der Waals surface area (Å²) in [5.74, 6) is -1.40. The summed E-state index contributed by atoms with van der Waals surface area (Å²) in [5.41, 5.74) is -0.554. The van der Waals surface area contributed by atoms with Crippen LogP contribution in [0.4, 0.5) is 0 Å². The summed E-state index contributed by atoms with van der Waals surface area (Å²) in [6.07, 6.45) is 6.31. The zero-order valence-corrected chi connectivity index (χ0v) is 11.8. The summed E-state index contributed by atoms with van der Waals surface area (Å²) in [5, 5.41) is 0. The van der Waals surface area contributed by atoms with Crippen LogP contribution >= 0.6 is 0 Å². The van der Waals surface area contributed by atoms with Crippen molar-refractivity contribution in [3.05, 3.63) is 24.8 Å². The first-order valence-electron chi connectivity index (χ1n) is 6.43. The number of hydrogen-bond donors (Lipinski definition) is 0. The van der Waals surface area contributed by atoms with Crippen molar-refractivity contribution in [2.24, 2.45) is 5.41 Å². The smallest absolute Gasteiger partial charge is 0.224 e. The van der Waals surface area contributed by atoms with E-state index in [2.05, 4.69) is 6.58 Å². The second-order valence-corrected chi connectivity index (χ2v) is 5.33. The largest absolute Gasteiger partial charge is 0.350 e. The molecule has 1 saturated heterocycles. The minimum Gasteiger partial charge on any atom is -0.350 e. The van der Waals surface area contributed by atoms with Crippen molar-refractivity contribution in [3.63, 3.8) is 0 Å². The molecule has 1 aliphatic rings. The van der Waals surface area contributed by atoms with Gasteiger partial charge in [0.25, 0.3) is 0 Å². The number of ether oxygens (including phenoxy) is 2. The van der Waals surface area contributed by atoms with Crippen molar-refractivity contribution in [3.8, 4) is 0 Å². The Hall–Kier alpha value is -1.26. The van der Waals surface area contributed by atoms with Crippen molar-refractivity contribution in [2.75, 3.05) is 6.61 Å². The quantitative estimate of drug-likeness (QED) is 0.421. The normalized spacial score (nSPS) is 30.2. The molecule has 0 spiro atoms. The van der Waals surface area contributed by atoms with E-state index in [1.54, 1.807) is 19.9 Å². The lowest BCUT2D eigenvalue weighted by atomic mass is 9.74. The molecular formula is C15H22O4. The summed E-state index contributed by atoms with van der Waals surface area (Å²) in [4.78, 5) is 22.8. The van der Waals surface area contributed by atoms with Gasteiger partial charge >= 0.3 is 0 Å². The van der Waals surface area contributed by atoms with Crippen LogP contribution in [0.1, 0.15) is 33.6 Å². The Balaban J connectivity index is 3.11. The SMILES string of the molecule is C=CCC1(C/C=C/C)COC(C)(C)OC1C(=O)C=O. The van der Waals surface area contributed by atoms with Crippen molar-refractivity contribution in [2.45, 2.75) is 45.5 Å². The molecule has 106 valence electrons. The first-order valence-corrected chi connectivity index (χ1v) is 6.43. The van der Waals surface area contributed by atoms with E-state index in [0.29, 0.717) is 25.7 Å². The topological polar surface area (TPSA) is 52.6 Å². The zero-order valence-electron chi connectivity index (χ0n) is 11.8. The summed E-state index contributed by atoms with van der Waals surface area (Å²) in [6, 6.07) is 0. The number of Topliss-reactive ketones (excluding diaryl/α,β-unsaturated/α-hetero) is 1. The number of carbonyl (C=O) groups excluding carboxylic acids is 2. The molecule has 0 radical (unpaired) electrons. The van der Waals surface area contributed by atoms with Gasteiger partial charge in [0.1, 0.15) is 6.10 Å². The van der Waals surface area contributed by atoms with Crippen molar-refractivity contribution >= 4 is 12.1 Å². The van der Waals surface area contributed by atoms with E-state index in [0.717, 1.165) is 0 Å². The Bertz CT molecular complexity index is 384. The molecular weight excluding hydrogens is 244 g/mol. The van der Waals surface area contributed by atoms with Gasteiger partial charge in [-0.2, -0.15) is 0 Å². The fraction of sp³-hybridized carbons (Fsp3) is 0.600. The molecule has 2 atom stereocenters. The fourth-order valence-corrected chi connectivity index (χ4v) is 2.31. The van der Waals surface area contributed by atoms with Gasteiger partial charge in [0.2, 0.25) is 5.78 Å². The predicted molar refractivity (Wildman–Crippen MR) is 72.7 cm³/mol. The van der Waals surface area contributed by atoms with Gasteiger partial charge in [-0.1, -0.05) is 18.2 Å². The van der Waals surface area contributed by atoms with E-state index in [4.69, 9.17) is 9.47 Å². The highest BCUT2D eigenvalue weighted by Crippen LogP contribution is 2.41. The molecule has 0 amide bonds. The average Bonchev–Trinajstić information content (AvgIpc) is 2.38. The van der Waals surface area contributed by atoms with Crippen LogP contribution in [0.3, 0.4) is 0 Å². The third kappa shape index (κ3) is 3.61. The molecule has 4 heteroatoms. The molecule has 1 heterocycles. The summed E-state index contributed by atoms with van der Waals surface area (Å²) >= 11 is 0. The van der Waals surface area contributed by atoms with Crippen LogP contribution in [0.15, 0.2) is 24.8 Å². The molecule has 0 saturated carbocycles. The van der Waals surface area contributed by atoms with E-state index < -0.39 is 23.1 Å². The molecule has 1 aliphatic heterocycles. The lowest BCUT2D eigenvalue weighted by molar-refractivity contribution is -0.307. The van der Waals surface area contributed by atoms with Crippen LogP contribution in [-0.2, 0) is 19.1 Å². The first kappa shape index (κ1) is 15.8. The minimum absolute atomic E-state index is 0.333. The second-order valence-electron chi connectivity index (χ2n) is 5.33. The molecule has 4 nitrogen and oxygen atoms in total. The lowest BCUT2D eigenvalue weighted by Crippen LogP contribution is -2.56. The summed E-state index contributed by atoms with van der Waals surface area (Å²) in [7, 11) is 0. The van der Waals surface area contributed by atoms with Crippen LogP contribution in [0.5, 0.6) is 0 Å². The highest BCUT2D eigenvalue weighted by molar-refractivity contribution is 6.27. The maximum Gasteiger partial charge on any atom is 0.224 e. The molecule has 0 aromatic carbocycles. The maximum atomic E-state index is 11.9. The van der Waals surface area contributed by atoms with Gasteiger partial charge in [-0.15, -0.1) is 6.58 Å². The molecule has 0 aliphatic carbocycles. The van der Waals surface area contributed by atoms with Crippen molar-refractivity contribution in [1.82, 2.24) is 0 Å². The van der Waals surface area contributed by atoms with E-state index in [1.165, 1.54) is 0 Å². The van der Waals surface area contributed by atoms with E-state index >= 15 is 0 Å². The number of ketones is 1. The average molecular weight is 266 g/mol. The molecule has 0 aromatic heterocycles. The number of aldehydes is 1. The monoisotopic (exact) mass is 266 g/mol. The molecule has 1 fully saturated rings. The first-order chi connectivity index (χ1) is 8.90. The fourth-order valence-electron chi connectivity index (χ4n) is 2.31. The van der Waals surface area contributed by atoms with Gasteiger partial charge in [-0.05, 0) is 33.6 Å². The Kier molecular flexibility index (Phi) is 5.20. The third-order valence-corrected chi connectivity index (χ3v) is 3.35. The van der Waals surface area contributed by atoms with Crippen molar-refractivity contribution < 1.29 is 19.1 Å². The predicted octanol–water partition coefficient (Wildman–Crippen LogP) is 2.43. The molecule has 0 aromatic rings. The number of carbonyl (C=O) groups is 2. The molecule has 0 N–H and O–H groups in total. The molecule has 2 unspecified atom stereocenters. The van der Waals surface area contributed by atoms with Crippen LogP contribution in [0, 0.1) is 5.41 Å². The lowest BCUT2D eigenvalue weighted by Gasteiger charge is -2.47. The number of hydrogen-bond acceptors (Lipinski definition) is 4. The molecule has 1 rings (SSSR count). The van der Waals surface area contributed by atoms with Gasteiger partial charge in [0.15, 0.2) is 12.1 Å². The van der Waals surface area contributed by atoms with Crippen LogP contribution in [-0.4, -0.2) is 30.6 Å². The Morgan fingerprint density at radius 1 is 1.42 bits per heavy atom. The van der Waals surface area contributed by atoms with Gasteiger partial charge < -0.3 is 9.47 Å². The van der Waals surface area contributed by atoms with Gasteiger partial charge in [-0.25, -0.2) is 0 Å². The minimum atomic E-state index is -0.857. The third-order valence-electron chi connectivity index (χ3n) is 3.35. The van der Waals surface area contributed by atoms with E-state index in [-0.39, 0.29) is 0 Å². The van der Waals surface area contributed by atoms with E-state index in [9.17, 15) is 9.59 Å². The van der Waals surface area contributed by atoms with Gasteiger partial charge in [0, 0.05) is 5.41 Å². The number of rotatable bonds is 6. The van der Waals surface area contributed by atoms with Crippen molar-refractivity contribution in [1.29, 1.82) is 0 Å². The Morgan fingerprint density at radius 2 is 2.11 bits per heavy atom.